The van der Waals surface area contributed by atoms with Crippen molar-refractivity contribution in [2.75, 3.05) is 18.8 Å². The van der Waals surface area contributed by atoms with E-state index in [1.165, 1.54) is 4.90 Å². The van der Waals surface area contributed by atoms with Crippen molar-refractivity contribution in [2.45, 2.75) is 31.9 Å². The number of aryl methyl sites for hydroxylation is 1. The van der Waals surface area contributed by atoms with Crippen molar-refractivity contribution in [1.82, 2.24) is 4.90 Å². The molecule has 1 aliphatic heterocycles. The van der Waals surface area contributed by atoms with Crippen LogP contribution in [0.3, 0.4) is 0 Å². The van der Waals surface area contributed by atoms with Crippen LogP contribution >= 0.6 is 0 Å². The molecular weight excluding hydrogens is 281 g/mol. The van der Waals surface area contributed by atoms with Gasteiger partial charge in [-0.05, 0) is 30.9 Å². The summed E-state index contributed by atoms with van der Waals surface area (Å²) in [6.07, 6.45) is -3.34. The highest BCUT2D eigenvalue weighted by Crippen LogP contribution is 2.34. The number of benzene rings is 1. The zero-order valence-corrected chi connectivity index (χ0v) is 11.7. The number of piperidine rings is 1. The quantitative estimate of drug-likeness (QED) is 0.872. The molecule has 0 radical (unpaired) electrons. The minimum absolute atomic E-state index is 0.00269. The predicted molar refractivity (Wildman–Crippen MR) is 74.5 cm³/mol. The molecule has 0 spiro atoms. The molecule has 0 atom stereocenters. The Balaban J connectivity index is 1.82. The van der Waals surface area contributed by atoms with Crippen LogP contribution in [0.1, 0.15) is 24.8 Å². The van der Waals surface area contributed by atoms with Crippen LogP contribution < -0.4 is 5.73 Å². The number of para-hydroxylation sites is 1. The smallest absolute Gasteiger partial charge is 0.391 e. The molecule has 2 N–H and O–H groups in total. The molecule has 0 aromatic heterocycles. The fourth-order valence-electron chi connectivity index (χ4n) is 2.62. The largest absolute Gasteiger partial charge is 0.399 e. The zero-order chi connectivity index (χ0) is 15.5. The normalized spacial score (nSPS) is 17.0. The van der Waals surface area contributed by atoms with Crippen LogP contribution in [0.5, 0.6) is 0 Å². The van der Waals surface area contributed by atoms with Gasteiger partial charge in [0.2, 0.25) is 5.91 Å². The number of hydrogen-bond acceptors (Lipinski definition) is 2. The van der Waals surface area contributed by atoms with E-state index in [0.29, 0.717) is 12.1 Å². The first-order valence-corrected chi connectivity index (χ1v) is 7.06. The first kappa shape index (κ1) is 15.7. The Morgan fingerprint density at radius 3 is 2.43 bits per heavy atom. The second-order valence-corrected chi connectivity index (χ2v) is 5.40. The maximum atomic E-state index is 12.6. The maximum absolute atomic E-state index is 12.6. The topological polar surface area (TPSA) is 46.3 Å². The summed E-state index contributed by atoms with van der Waals surface area (Å²) in [6, 6.07) is 7.31. The highest BCUT2D eigenvalue weighted by atomic mass is 19.4. The molecule has 1 saturated heterocycles. The molecule has 0 saturated carbocycles. The number of nitrogens with two attached hydrogens (primary N) is 1. The van der Waals surface area contributed by atoms with Gasteiger partial charge in [0, 0.05) is 25.2 Å². The van der Waals surface area contributed by atoms with E-state index >= 15 is 0 Å². The molecule has 3 nitrogen and oxygen atoms in total. The molecule has 0 unspecified atom stereocenters. The van der Waals surface area contributed by atoms with Crippen molar-refractivity contribution < 1.29 is 18.0 Å². The molecule has 1 heterocycles. The lowest BCUT2D eigenvalue weighted by Crippen LogP contribution is -2.42. The van der Waals surface area contributed by atoms with Gasteiger partial charge in [-0.2, -0.15) is 13.2 Å². The summed E-state index contributed by atoms with van der Waals surface area (Å²) in [6.45, 7) is 0.376. The lowest BCUT2D eigenvalue weighted by atomic mass is 9.96. The van der Waals surface area contributed by atoms with Gasteiger partial charge in [0.25, 0.3) is 0 Å². The molecule has 1 amide bonds. The van der Waals surface area contributed by atoms with E-state index in [1.807, 2.05) is 18.2 Å². The summed E-state index contributed by atoms with van der Waals surface area (Å²) < 4.78 is 37.7. The number of anilines is 1. The van der Waals surface area contributed by atoms with E-state index in [-0.39, 0.29) is 38.3 Å². The maximum Gasteiger partial charge on any atom is 0.391 e. The van der Waals surface area contributed by atoms with Crippen molar-refractivity contribution in [3.05, 3.63) is 29.8 Å². The number of nitrogens with zero attached hydrogens (tertiary/aromatic N) is 1. The number of rotatable bonds is 3. The molecular formula is C15H19F3N2O. The molecule has 1 fully saturated rings. The van der Waals surface area contributed by atoms with E-state index in [1.54, 1.807) is 6.07 Å². The van der Waals surface area contributed by atoms with E-state index in [2.05, 4.69) is 0 Å². The third kappa shape index (κ3) is 4.12. The molecule has 1 aromatic rings. The average Bonchev–Trinajstić information content (AvgIpc) is 2.45. The first-order valence-electron chi connectivity index (χ1n) is 7.06. The number of alkyl halides is 3. The molecule has 2 rings (SSSR count). The summed E-state index contributed by atoms with van der Waals surface area (Å²) >= 11 is 0. The third-order valence-electron chi connectivity index (χ3n) is 3.97. The van der Waals surface area contributed by atoms with Crippen LogP contribution in [0.2, 0.25) is 0 Å². The Bertz CT molecular complexity index is 494. The average molecular weight is 300 g/mol. The van der Waals surface area contributed by atoms with Gasteiger partial charge in [-0.15, -0.1) is 0 Å². The number of likely N-dealkylation sites (tertiary alicyclic amines) is 1. The Morgan fingerprint density at radius 2 is 1.86 bits per heavy atom. The Labute approximate surface area is 121 Å². The van der Waals surface area contributed by atoms with Crippen LogP contribution in [0.25, 0.3) is 0 Å². The van der Waals surface area contributed by atoms with Crippen molar-refractivity contribution >= 4 is 11.6 Å². The van der Waals surface area contributed by atoms with Crippen LogP contribution in [0.15, 0.2) is 24.3 Å². The van der Waals surface area contributed by atoms with Gasteiger partial charge in [0.15, 0.2) is 0 Å². The van der Waals surface area contributed by atoms with Crippen LogP contribution in [-0.2, 0) is 11.2 Å². The highest BCUT2D eigenvalue weighted by molar-refractivity contribution is 5.76. The monoisotopic (exact) mass is 300 g/mol. The summed E-state index contributed by atoms with van der Waals surface area (Å²) in [7, 11) is 0. The fraction of sp³-hybridized carbons (Fsp3) is 0.533. The zero-order valence-electron chi connectivity index (χ0n) is 11.7. The number of halogens is 3. The standard InChI is InChI=1S/C15H19F3N2O/c16-15(17,18)12-7-9-20(10-8-12)14(21)6-5-11-3-1-2-4-13(11)19/h1-4,12H,5-10,19H2. The van der Waals surface area contributed by atoms with Crippen LogP contribution in [-0.4, -0.2) is 30.1 Å². The van der Waals surface area contributed by atoms with Crippen molar-refractivity contribution in [3.8, 4) is 0 Å². The third-order valence-corrected chi connectivity index (χ3v) is 3.97. The number of amides is 1. The van der Waals surface area contributed by atoms with E-state index in [0.717, 1.165) is 5.56 Å². The lowest BCUT2D eigenvalue weighted by molar-refractivity contribution is -0.186. The van der Waals surface area contributed by atoms with Crippen molar-refractivity contribution in [1.29, 1.82) is 0 Å². The summed E-state index contributed by atoms with van der Waals surface area (Å²) in [5.41, 5.74) is 7.34. The van der Waals surface area contributed by atoms with E-state index in [4.69, 9.17) is 5.73 Å². The Hall–Kier alpha value is -1.72. The van der Waals surface area contributed by atoms with Gasteiger partial charge in [0.1, 0.15) is 0 Å². The van der Waals surface area contributed by atoms with Gasteiger partial charge < -0.3 is 10.6 Å². The van der Waals surface area contributed by atoms with Gasteiger partial charge >= 0.3 is 6.18 Å². The molecule has 0 bridgehead atoms. The number of nitrogen functional groups attached to an aromatic ring is 1. The van der Waals surface area contributed by atoms with Gasteiger partial charge in [-0.3, -0.25) is 4.79 Å². The van der Waals surface area contributed by atoms with E-state index < -0.39 is 12.1 Å². The number of carbonyl (C=O) groups excluding carboxylic acids is 1. The Kier molecular flexibility index (Phi) is 4.75. The predicted octanol–water partition coefficient (Wildman–Crippen LogP) is 3.00. The Morgan fingerprint density at radius 1 is 1.24 bits per heavy atom. The molecule has 1 aromatic carbocycles. The van der Waals surface area contributed by atoms with E-state index in [9.17, 15) is 18.0 Å². The minimum Gasteiger partial charge on any atom is -0.399 e. The summed E-state index contributed by atoms with van der Waals surface area (Å²) in [5, 5.41) is 0. The molecule has 21 heavy (non-hydrogen) atoms. The summed E-state index contributed by atoms with van der Waals surface area (Å²) in [5.74, 6) is -1.37. The van der Waals surface area contributed by atoms with Crippen molar-refractivity contribution in [3.63, 3.8) is 0 Å². The number of carbonyl (C=O) groups is 1. The minimum atomic E-state index is -4.15. The molecule has 1 aliphatic rings. The van der Waals surface area contributed by atoms with Gasteiger partial charge in [0.05, 0.1) is 5.92 Å². The SMILES string of the molecule is Nc1ccccc1CCC(=O)N1CCC(C(F)(F)F)CC1. The highest BCUT2D eigenvalue weighted by Gasteiger charge is 2.41. The van der Waals surface area contributed by atoms with Crippen LogP contribution in [0, 0.1) is 5.92 Å². The molecule has 0 aliphatic carbocycles. The van der Waals surface area contributed by atoms with Gasteiger partial charge in [-0.25, -0.2) is 0 Å². The first-order chi connectivity index (χ1) is 9.88. The molecule has 116 valence electrons. The second kappa shape index (κ2) is 6.37. The lowest BCUT2D eigenvalue weighted by Gasteiger charge is -2.33. The molecule has 6 heteroatoms. The second-order valence-electron chi connectivity index (χ2n) is 5.40. The fourth-order valence-corrected chi connectivity index (χ4v) is 2.62. The van der Waals surface area contributed by atoms with Crippen molar-refractivity contribution in [2.24, 2.45) is 5.92 Å². The summed E-state index contributed by atoms with van der Waals surface area (Å²) in [4.78, 5) is 13.6. The van der Waals surface area contributed by atoms with Gasteiger partial charge in [-0.1, -0.05) is 18.2 Å². The van der Waals surface area contributed by atoms with Crippen LogP contribution in [0.4, 0.5) is 18.9 Å². The number of hydrogen-bond donors (Lipinski definition) is 1.